The number of likely N-dealkylation sites (N-methyl/N-ethyl adjacent to an activating group) is 1. The molecule has 0 aromatic heterocycles. The molecular formula is C23H29N3O4. The molecule has 7 heteroatoms. The standard InChI is InChI=1S/C23H29N3O4/c1-26(20(22(24)28)16-18-10-4-2-5-11-18)21(27)14-8-9-15-25-23(29)30-17-19-12-6-3-7-13-19/h2-7,10-13,20H,8-9,14-17H2,1H3,(H2,24,28)(H,25,29)/t20-/m0/s1. The summed E-state index contributed by atoms with van der Waals surface area (Å²) in [6.45, 7) is 0.625. The molecule has 0 unspecified atom stereocenters. The Bertz CT molecular complexity index is 812. The van der Waals surface area contributed by atoms with Gasteiger partial charge >= 0.3 is 6.09 Å². The van der Waals surface area contributed by atoms with Crippen LogP contribution in [0.3, 0.4) is 0 Å². The molecule has 0 aliphatic rings. The first kappa shape index (κ1) is 22.9. The normalized spacial score (nSPS) is 11.4. The number of nitrogens with two attached hydrogens (primary N) is 1. The van der Waals surface area contributed by atoms with Gasteiger partial charge in [-0.1, -0.05) is 60.7 Å². The summed E-state index contributed by atoms with van der Waals surface area (Å²) in [5.41, 5.74) is 7.37. The topological polar surface area (TPSA) is 102 Å². The van der Waals surface area contributed by atoms with E-state index in [1.807, 2.05) is 60.7 Å². The number of amides is 3. The predicted molar refractivity (Wildman–Crippen MR) is 114 cm³/mol. The van der Waals surface area contributed by atoms with Gasteiger partial charge in [0.15, 0.2) is 0 Å². The second kappa shape index (κ2) is 12.3. The number of unbranched alkanes of at least 4 members (excludes halogenated alkanes) is 1. The molecule has 3 N–H and O–H groups in total. The molecule has 0 saturated carbocycles. The number of carbonyl (C=O) groups is 3. The quantitative estimate of drug-likeness (QED) is 0.555. The molecule has 0 aliphatic heterocycles. The molecule has 0 aliphatic carbocycles. The third-order valence-electron chi connectivity index (χ3n) is 4.76. The van der Waals surface area contributed by atoms with E-state index in [0.717, 1.165) is 11.1 Å². The molecule has 2 aromatic carbocycles. The molecule has 7 nitrogen and oxygen atoms in total. The largest absolute Gasteiger partial charge is 0.445 e. The SMILES string of the molecule is CN(C(=O)CCCCNC(=O)OCc1ccccc1)[C@@H](Cc1ccccc1)C(N)=O. The molecule has 0 saturated heterocycles. The smallest absolute Gasteiger partial charge is 0.407 e. The van der Waals surface area contributed by atoms with E-state index in [1.165, 1.54) is 4.90 Å². The molecule has 0 radical (unpaired) electrons. The number of primary amides is 1. The maximum Gasteiger partial charge on any atom is 0.407 e. The number of ether oxygens (including phenoxy) is 1. The summed E-state index contributed by atoms with van der Waals surface area (Å²) in [5, 5.41) is 2.67. The van der Waals surface area contributed by atoms with Crippen molar-refractivity contribution < 1.29 is 19.1 Å². The van der Waals surface area contributed by atoms with E-state index in [1.54, 1.807) is 7.05 Å². The highest BCUT2D eigenvalue weighted by atomic mass is 16.5. The third-order valence-corrected chi connectivity index (χ3v) is 4.76. The molecule has 2 aromatic rings. The fourth-order valence-electron chi connectivity index (χ4n) is 2.98. The van der Waals surface area contributed by atoms with Crippen molar-refractivity contribution in [1.82, 2.24) is 10.2 Å². The van der Waals surface area contributed by atoms with Crippen LogP contribution in [0.1, 0.15) is 30.4 Å². The van der Waals surface area contributed by atoms with E-state index in [9.17, 15) is 14.4 Å². The zero-order valence-corrected chi connectivity index (χ0v) is 17.3. The van der Waals surface area contributed by atoms with Crippen molar-refractivity contribution >= 4 is 17.9 Å². The molecule has 0 fully saturated rings. The Morgan fingerprint density at radius 2 is 1.57 bits per heavy atom. The van der Waals surface area contributed by atoms with Crippen LogP contribution in [0.4, 0.5) is 4.79 Å². The monoisotopic (exact) mass is 411 g/mol. The van der Waals surface area contributed by atoms with Crippen LogP contribution in [0.2, 0.25) is 0 Å². The van der Waals surface area contributed by atoms with Crippen LogP contribution in [-0.4, -0.2) is 42.4 Å². The molecule has 160 valence electrons. The first-order chi connectivity index (χ1) is 14.5. The van der Waals surface area contributed by atoms with Crippen molar-refractivity contribution in [2.24, 2.45) is 5.73 Å². The third kappa shape index (κ3) is 7.95. The molecule has 0 heterocycles. The number of rotatable bonds is 11. The highest BCUT2D eigenvalue weighted by molar-refractivity contribution is 5.86. The molecule has 0 bridgehead atoms. The van der Waals surface area contributed by atoms with Gasteiger partial charge in [0, 0.05) is 26.4 Å². The van der Waals surface area contributed by atoms with Gasteiger partial charge in [0.05, 0.1) is 0 Å². The van der Waals surface area contributed by atoms with Crippen molar-refractivity contribution in [3.05, 3.63) is 71.8 Å². The molecule has 2 rings (SSSR count). The van der Waals surface area contributed by atoms with Crippen LogP contribution < -0.4 is 11.1 Å². The van der Waals surface area contributed by atoms with Crippen LogP contribution in [0.5, 0.6) is 0 Å². The first-order valence-corrected chi connectivity index (χ1v) is 10.0. The highest BCUT2D eigenvalue weighted by Crippen LogP contribution is 2.10. The number of hydrogen-bond acceptors (Lipinski definition) is 4. The number of benzene rings is 2. The van der Waals surface area contributed by atoms with Gasteiger partial charge < -0.3 is 20.7 Å². The Morgan fingerprint density at radius 3 is 2.17 bits per heavy atom. The second-order valence-corrected chi connectivity index (χ2v) is 7.06. The zero-order valence-electron chi connectivity index (χ0n) is 17.3. The van der Waals surface area contributed by atoms with Crippen molar-refractivity contribution in [3.63, 3.8) is 0 Å². The van der Waals surface area contributed by atoms with Gasteiger partial charge in [-0.15, -0.1) is 0 Å². The van der Waals surface area contributed by atoms with E-state index in [0.29, 0.717) is 25.8 Å². The van der Waals surface area contributed by atoms with Gasteiger partial charge in [0.2, 0.25) is 11.8 Å². The van der Waals surface area contributed by atoms with E-state index in [-0.39, 0.29) is 18.9 Å². The van der Waals surface area contributed by atoms with Gasteiger partial charge in [-0.3, -0.25) is 9.59 Å². The van der Waals surface area contributed by atoms with Crippen LogP contribution in [0, 0.1) is 0 Å². The Balaban J connectivity index is 1.66. The summed E-state index contributed by atoms with van der Waals surface area (Å²) in [7, 11) is 1.60. The van der Waals surface area contributed by atoms with Crippen LogP contribution in [0.15, 0.2) is 60.7 Å². The average molecular weight is 412 g/mol. The van der Waals surface area contributed by atoms with E-state index < -0.39 is 18.0 Å². The van der Waals surface area contributed by atoms with Crippen molar-refractivity contribution in [2.75, 3.05) is 13.6 Å². The predicted octanol–water partition coefficient (Wildman–Crippen LogP) is 2.64. The van der Waals surface area contributed by atoms with E-state index in [4.69, 9.17) is 10.5 Å². The lowest BCUT2D eigenvalue weighted by Gasteiger charge is -2.26. The fourth-order valence-corrected chi connectivity index (χ4v) is 2.98. The highest BCUT2D eigenvalue weighted by Gasteiger charge is 2.24. The summed E-state index contributed by atoms with van der Waals surface area (Å²) in [4.78, 5) is 37.4. The lowest BCUT2D eigenvalue weighted by Crippen LogP contribution is -2.47. The van der Waals surface area contributed by atoms with Crippen LogP contribution in [-0.2, 0) is 27.4 Å². The molecule has 1 atom stereocenters. The minimum Gasteiger partial charge on any atom is -0.445 e. The summed E-state index contributed by atoms with van der Waals surface area (Å²) in [5.74, 6) is -0.682. The molecule has 30 heavy (non-hydrogen) atoms. The van der Waals surface area contributed by atoms with Crippen LogP contribution >= 0.6 is 0 Å². The van der Waals surface area contributed by atoms with Gasteiger partial charge in [-0.2, -0.15) is 0 Å². The van der Waals surface area contributed by atoms with Crippen molar-refractivity contribution in [3.8, 4) is 0 Å². The molecule has 0 spiro atoms. The van der Waals surface area contributed by atoms with Crippen molar-refractivity contribution in [2.45, 2.75) is 38.3 Å². The van der Waals surface area contributed by atoms with E-state index >= 15 is 0 Å². The Morgan fingerprint density at radius 1 is 0.967 bits per heavy atom. The number of alkyl carbamates (subject to hydrolysis) is 1. The summed E-state index contributed by atoms with van der Waals surface area (Å²) >= 11 is 0. The van der Waals surface area contributed by atoms with Gasteiger partial charge in [0.25, 0.3) is 0 Å². The molecule has 3 amide bonds. The Kier molecular flexibility index (Phi) is 9.37. The van der Waals surface area contributed by atoms with Gasteiger partial charge in [-0.05, 0) is 24.0 Å². The second-order valence-electron chi connectivity index (χ2n) is 7.06. The Hall–Kier alpha value is -3.35. The van der Waals surface area contributed by atoms with Crippen LogP contribution in [0.25, 0.3) is 0 Å². The number of nitrogens with one attached hydrogen (secondary N) is 1. The Labute approximate surface area is 177 Å². The van der Waals surface area contributed by atoms with Gasteiger partial charge in [-0.25, -0.2) is 4.79 Å². The van der Waals surface area contributed by atoms with Gasteiger partial charge in [0.1, 0.15) is 12.6 Å². The van der Waals surface area contributed by atoms with Crippen molar-refractivity contribution in [1.29, 1.82) is 0 Å². The lowest BCUT2D eigenvalue weighted by molar-refractivity contribution is -0.137. The van der Waals surface area contributed by atoms with E-state index in [2.05, 4.69) is 5.32 Å². The summed E-state index contributed by atoms with van der Waals surface area (Å²) < 4.78 is 5.13. The molecular weight excluding hydrogens is 382 g/mol. The maximum absolute atomic E-state index is 12.4. The number of nitrogens with zero attached hydrogens (tertiary/aromatic N) is 1. The minimum atomic E-state index is -0.689. The summed E-state index contributed by atoms with van der Waals surface area (Å²) in [6, 6.07) is 18.2. The number of hydrogen-bond donors (Lipinski definition) is 2. The number of carbonyl (C=O) groups excluding carboxylic acids is 3. The maximum atomic E-state index is 12.4. The first-order valence-electron chi connectivity index (χ1n) is 10.0. The lowest BCUT2D eigenvalue weighted by atomic mass is 10.0. The summed E-state index contributed by atoms with van der Waals surface area (Å²) in [6.07, 6.45) is 1.38. The fraction of sp³-hybridized carbons (Fsp3) is 0.348. The average Bonchev–Trinajstić information content (AvgIpc) is 2.76. The minimum absolute atomic E-state index is 0.151. The zero-order chi connectivity index (χ0) is 21.8.